The standard InChI is InChI=1S/C24H27N3O3S/c1-4-24(2,3)17-9-10-19-15(12-17)11-16(13-25)22(27-19)31-14-21(28)26-20-8-6-5-7-18(20)23(29)30/h5-8,11,17H,4,9-10,12,14H2,1-3H3,(H,26,28)(H,29,30). The first kappa shape index (κ1) is 22.8. The Labute approximate surface area is 187 Å². The van der Waals surface area contributed by atoms with E-state index in [0.717, 1.165) is 36.9 Å². The first-order valence-corrected chi connectivity index (χ1v) is 11.4. The van der Waals surface area contributed by atoms with Crippen LogP contribution in [0.25, 0.3) is 0 Å². The molecule has 31 heavy (non-hydrogen) atoms. The van der Waals surface area contributed by atoms with Crippen LogP contribution in [0.3, 0.4) is 0 Å². The highest BCUT2D eigenvalue weighted by Crippen LogP contribution is 2.40. The van der Waals surface area contributed by atoms with Crippen molar-refractivity contribution in [3.05, 3.63) is 52.7 Å². The molecule has 0 fully saturated rings. The number of hydrogen-bond acceptors (Lipinski definition) is 5. The van der Waals surface area contributed by atoms with Gasteiger partial charge in [-0.05, 0) is 54.4 Å². The number of anilines is 1. The van der Waals surface area contributed by atoms with Crippen LogP contribution in [-0.4, -0.2) is 27.7 Å². The van der Waals surface area contributed by atoms with E-state index in [1.807, 2.05) is 6.07 Å². The molecule has 0 spiro atoms. The number of nitrogens with zero attached hydrogens (tertiary/aromatic N) is 2. The van der Waals surface area contributed by atoms with Crippen LogP contribution in [-0.2, 0) is 17.6 Å². The van der Waals surface area contributed by atoms with Crippen LogP contribution in [0, 0.1) is 22.7 Å². The van der Waals surface area contributed by atoms with E-state index in [1.165, 1.54) is 17.8 Å². The molecule has 0 aliphatic heterocycles. The maximum atomic E-state index is 12.4. The molecular formula is C24H27N3O3S. The Balaban J connectivity index is 1.71. The second kappa shape index (κ2) is 9.52. The summed E-state index contributed by atoms with van der Waals surface area (Å²) >= 11 is 1.20. The number of aromatic nitrogens is 1. The molecule has 0 bridgehead atoms. The van der Waals surface area contributed by atoms with Gasteiger partial charge in [-0.1, -0.05) is 51.1 Å². The van der Waals surface area contributed by atoms with Gasteiger partial charge in [0.05, 0.1) is 22.6 Å². The molecule has 1 amide bonds. The molecule has 1 aromatic heterocycles. The lowest BCUT2D eigenvalue weighted by molar-refractivity contribution is -0.113. The Kier molecular flexibility index (Phi) is 7.01. The largest absolute Gasteiger partial charge is 0.478 e. The zero-order valence-corrected chi connectivity index (χ0v) is 18.9. The van der Waals surface area contributed by atoms with Crippen LogP contribution in [0.1, 0.15) is 60.8 Å². The third-order valence-corrected chi connectivity index (χ3v) is 7.25. The second-order valence-electron chi connectivity index (χ2n) is 8.53. The van der Waals surface area contributed by atoms with Crippen molar-refractivity contribution in [3.63, 3.8) is 0 Å². The molecule has 2 aromatic rings. The molecule has 162 valence electrons. The van der Waals surface area contributed by atoms with Crippen molar-refractivity contribution in [1.29, 1.82) is 5.26 Å². The molecule has 2 N–H and O–H groups in total. The number of hydrogen-bond donors (Lipinski definition) is 2. The van der Waals surface area contributed by atoms with E-state index >= 15 is 0 Å². The highest BCUT2D eigenvalue weighted by molar-refractivity contribution is 8.00. The molecule has 1 heterocycles. The Morgan fingerprint density at radius 2 is 2.10 bits per heavy atom. The molecule has 1 atom stereocenters. The van der Waals surface area contributed by atoms with Crippen molar-refractivity contribution >= 4 is 29.3 Å². The Morgan fingerprint density at radius 3 is 2.77 bits per heavy atom. The lowest BCUT2D eigenvalue weighted by atomic mass is 9.69. The maximum Gasteiger partial charge on any atom is 0.337 e. The van der Waals surface area contributed by atoms with Gasteiger partial charge in [0.1, 0.15) is 11.1 Å². The normalized spacial score (nSPS) is 15.6. The van der Waals surface area contributed by atoms with Gasteiger partial charge in [-0.2, -0.15) is 5.26 Å². The van der Waals surface area contributed by atoms with Gasteiger partial charge in [0.15, 0.2) is 0 Å². The number of para-hydroxylation sites is 1. The molecule has 1 unspecified atom stereocenters. The zero-order valence-electron chi connectivity index (χ0n) is 18.1. The summed E-state index contributed by atoms with van der Waals surface area (Å²) in [4.78, 5) is 28.4. The molecule has 3 rings (SSSR count). The summed E-state index contributed by atoms with van der Waals surface area (Å²) in [5.41, 5.74) is 3.18. The minimum atomic E-state index is -1.10. The van der Waals surface area contributed by atoms with E-state index in [-0.39, 0.29) is 28.3 Å². The van der Waals surface area contributed by atoms with E-state index in [4.69, 9.17) is 4.98 Å². The van der Waals surface area contributed by atoms with E-state index < -0.39 is 5.97 Å². The third kappa shape index (κ3) is 5.26. The first-order chi connectivity index (χ1) is 14.7. The van der Waals surface area contributed by atoms with Crippen molar-refractivity contribution in [1.82, 2.24) is 4.98 Å². The smallest absolute Gasteiger partial charge is 0.337 e. The van der Waals surface area contributed by atoms with Gasteiger partial charge in [-0.3, -0.25) is 4.79 Å². The number of carboxylic acids is 1. The predicted octanol–water partition coefficient (Wildman–Crippen LogP) is 4.92. The molecule has 0 radical (unpaired) electrons. The Bertz CT molecular complexity index is 1040. The predicted molar refractivity (Wildman–Crippen MR) is 121 cm³/mol. The second-order valence-corrected chi connectivity index (χ2v) is 9.49. The molecule has 0 saturated heterocycles. The van der Waals surface area contributed by atoms with E-state index in [1.54, 1.807) is 18.2 Å². The number of amides is 1. The molecular weight excluding hydrogens is 410 g/mol. The van der Waals surface area contributed by atoms with Crippen LogP contribution in [0.5, 0.6) is 0 Å². The summed E-state index contributed by atoms with van der Waals surface area (Å²) in [6.07, 6.45) is 3.99. The van der Waals surface area contributed by atoms with Gasteiger partial charge >= 0.3 is 5.97 Å². The number of aromatic carboxylic acids is 1. The molecule has 1 aromatic carbocycles. The Hall–Kier alpha value is -2.85. The molecule has 0 saturated carbocycles. The van der Waals surface area contributed by atoms with Crippen LogP contribution in [0.4, 0.5) is 5.69 Å². The summed E-state index contributed by atoms with van der Waals surface area (Å²) < 4.78 is 0. The number of pyridine rings is 1. The number of nitrogens with one attached hydrogen (secondary N) is 1. The fourth-order valence-electron chi connectivity index (χ4n) is 3.89. The van der Waals surface area contributed by atoms with Gasteiger partial charge in [0.2, 0.25) is 5.91 Å². The first-order valence-electron chi connectivity index (χ1n) is 10.4. The SMILES string of the molecule is CCC(C)(C)C1CCc2nc(SCC(=O)Nc3ccccc3C(=O)O)c(C#N)cc2C1. The maximum absolute atomic E-state index is 12.4. The number of aryl methyl sites for hydroxylation is 1. The van der Waals surface area contributed by atoms with Crippen LogP contribution in [0.15, 0.2) is 35.4 Å². The van der Waals surface area contributed by atoms with Crippen molar-refractivity contribution in [2.75, 3.05) is 11.1 Å². The number of carboxylic acid groups (broad SMARTS) is 1. The monoisotopic (exact) mass is 437 g/mol. The van der Waals surface area contributed by atoms with Gasteiger partial charge in [0, 0.05) is 5.69 Å². The number of thioether (sulfide) groups is 1. The van der Waals surface area contributed by atoms with Gasteiger partial charge in [0.25, 0.3) is 0 Å². The van der Waals surface area contributed by atoms with Crippen molar-refractivity contribution in [2.24, 2.45) is 11.3 Å². The summed E-state index contributed by atoms with van der Waals surface area (Å²) in [6, 6.07) is 10.4. The molecule has 7 heteroatoms. The average molecular weight is 438 g/mol. The van der Waals surface area contributed by atoms with E-state index in [2.05, 4.69) is 32.2 Å². The lowest BCUT2D eigenvalue weighted by Crippen LogP contribution is -2.29. The van der Waals surface area contributed by atoms with Gasteiger partial charge in [-0.25, -0.2) is 9.78 Å². The number of carbonyl (C=O) groups is 2. The highest BCUT2D eigenvalue weighted by atomic mass is 32.2. The topological polar surface area (TPSA) is 103 Å². The lowest BCUT2D eigenvalue weighted by Gasteiger charge is -2.37. The van der Waals surface area contributed by atoms with Crippen molar-refractivity contribution in [2.45, 2.75) is 51.5 Å². The summed E-state index contributed by atoms with van der Waals surface area (Å²) in [5.74, 6) is -0.833. The summed E-state index contributed by atoms with van der Waals surface area (Å²) in [5, 5.41) is 22.1. The van der Waals surface area contributed by atoms with Crippen LogP contribution in [0.2, 0.25) is 0 Å². The molecule has 6 nitrogen and oxygen atoms in total. The van der Waals surface area contributed by atoms with Crippen LogP contribution >= 0.6 is 11.8 Å². The third-order valence-electron chi connectivity index (χ3n) is 6.26. The zero-order chi connectivity index (χ0) is 22.6. The minimum absolute atomic E-state index is 0.0371. The number of benzene rings is 1. The van der Waals surface area contributed by atoms with Gasteiger partial charge in [-0.15, -0.1) is 0 Å². The average Bonchev–Trinajstić information content (AvgIpc) is 2.76. The molecule has 1 aliphatic carbocycles. The highest BCUT2D eigenvalue weighted by Gasteiger charge is 2.32. The number of carbonyl (C=O) groups excluding carboxylic acids is 1. The minimum Gasteiger partial charge on any atom is -0.478 e. The number of rotatable bonds is 7. The fourth-order valence-corrected chi connectivity index (χ4v) is 4.66. The number of nitriles is 1. The van der Waals surface area contributed by atoms with E-state index in [0.29, 0.717) is 16.5 Å². The fraction of sp³-hybridized carbons (Fsp3) is 0.417. The van der Waals surface area contributed by atoms with Crippen molar-refractivity contribution in [3.8, 4) is 6.07 Å². The molecule has 1 aliphatic rings. The van der Waals surface area contributed by atoms with Crippen molar-refractivity contribution < 1.29 is 14.7 Å². The summed E-state index contributed by atoms with van der Waals surface area (Å²) in [6.45, 7) is 6.81. The van der Waals surface area contributed by atoms with E-state index in [9.17, 15) is 20.0 Å². The Morgan fingerprint density at radius 1 is 1.35 bits per heavy atom. The van der Waals surface area contributed by atoms with Gasteiger partial charge < -0.3 is 10.4 Å². The summed E-state index contributed by atoms with van der Waals surface area (Å²) in [7, 11) is 0. The number of fused-ring (bicyclic) bond motifs is 1. The van der Waals surface area contributed by atoms with Crippen LogP contribution < -0.4 is 5.32 Å². The quantitative estimate of drug-likeness (QED) is 0.596.